The van der Waals surface area contributed by atoms with Gasteiger partial charge in [-0.25, -0.2) is 21.6 Å². The van der Waals surface area contributed by atoms with E-state index in [-0.39, 0.29) is 50.4 Å². The van der Waals surface area contributed by atoms with Gasteiger partial charge in [-0.1, -0.05) is 30.3 Å². The van der Waals surface area contributed by atoms with Crippen LogP contribution in [0.25, 0.3) is 0 Å². The fraction of sp³-hybridized carbons (Fsp3) is 0.412. The Morgan fingerprint density at radius 3 is 1.86 bits per heavy atom. The molecule has 0 spiro atoms. The zero-order chi connectivity index (χ0) is 37.6. The van der Waals surface area contributed by atoms with Gasteiger partial charge in [0.05, 0.1) is 11.5 Å². The summed E-state index contributed by atoms with van der Waals surface area (Å²) in [6, 6.07) is 7.99. The largest absolute Gasteiger partial charge is 0.430 e. The average Bonchev–Trinajstić information content (AvgIpc) is 3.53. The van der Waals surface area contributed by atoms with Gasteiger partial charge >= 0.3 is 12.4 Å². The summed E-state index contributed by atoms with van der Waals surface area (Å²) in [6.45, 7) is -0.516. The Kier molecular flexibility index (Phi) is 10.3. The van der Waals surface area contributed by atoms with E-state index in [9.17, 15) is 57.5 Å². The minimum absolute atomic E-state index is 0.152. The Balaban J connectivity index is 1.56. The van der Waals surface area contributed by atoms with Gasteiger partial charge in [-0.2, -0.15) is 26.3 Å². The van der Waals surface area contributed by atoms with Crippen LogP contribution in [0.5, 0.6) is 0 Å². The van der Waals surface area contributed by atoms with Gasteiger partial charge in [-0.15, -0.1) is 0 Å². The van der Waals surface area contributed by atoms with E-state index in [1.54, 1.807) is 4.90 Å². The highest BCUT2D eigenvalue weighted by Crippen LogP contribution is 2.54. The molecule has 0 saturated carbocycles. The third kappa shape index (κ3) is 6.81. The summed E-state index contributed by atoms with van der Waals surface area (Å²) in [4.78, 5) is 27.7. The number of ether oxygens (including phenoxy) is 1. The summed E-state index contributed by atoms with van der Waals surface area (Å²) in [5.74, 6) is -4.86. The van der Waals surface area contributed by atoms with Gasteiger partial charge in [-0.3, -0.25) is 9.59 Å². The molecule has 2 aliphatic heterocycles. The number of piperidine rings is 1. The first kappa shape index (κ1) is 38.1. The summed E-state index contributed by atoms with van der Waals surface area (Å²) in [6.07, 6.45) is -12.2. The molecule has 2 amide bonds. The Hall–Kier alpha value is -4.12. The van der Waals surface area contributed by atoms with Crippen molar-refractivity contribution in [3.8, 4) is 0 Å². The molecule has 3 aromatic rings. The second-order valence-corrected chi connectivity index (χ2v) is 14.7. The number of sulfone groups is 1. The third-order valence-electron chi connectivity index (χ3n) is 9.58. The monoisotopic (exact) mass is 750 g/mol. The van der Waals surface area contributed by atoms with Gasteiger partial charge < -0.3 is 14.5 Å². The first-order valence-electron chi connectivity index (χ1n) is 15.6. The van der Waals surface area contributed by atoms with Gasteiger partial charge in [0.15, 0.2) is 9.84 Å². The Labute approximate surface area is 286 Å². The van der Waals surface area contributed by atoms with E-state index < -0.39 is 91.0 Å². The smallest absolute Gasteiger partial charge is 0.349 e. The molecular formula is C34H31F9N2O5S. The van der Waals surface area contributed by atoms with Crippen LogP contribution in [0.2, 0.25) is 0 Å². The quantitative estimate of drug-likeness (QED) is 0.187. The van der Waals surface area contributed by atoms with Crippen molar-refractivity contribution in [1.29, 1.82) is 0 Å². The summed E-state index contributed by atoms with van der Waals surface area (Å²) in [5, 5.41) is 0. The SMILES string of the molecule is CC(=O)N1CCC(C(=O)N2CC[C@@](c3ccc(C(OCc4c(F)cccc4F)(C(F)(F)F)C(F)(F)F)cc3)(S(=O)(=O)c3ccc(F)cc3)C2)CC1. The number of carbonyl (C=O) groups excluding carboxylic acids is 2. The second-order valence-electron chi connectivity index (χ2n) is 12.5. The number of benzene rings is 3. The molecule has 3 aromatic carbocycles. The minimum atomic E-state index is -6.24. The van der Waals surface area contributed by atoms with E-state index >= 15 is 0 Å². The van der Waals surface area contributed by atoms with E-state index in [1.807, 2.05) is 0 Å². The van der Waals surface area contributed by atoms with Gasteiger partial charge in [0.2, 0.25) is 11.8 Å². The zero-order valence-corrected chi connectivity index (χ0v) is 27.6. The van der Waals surface area contributed by atoms with Crippen molar-refractivity contribution in [2.45, 2.75) is 60.4 Å². The van der Waals surface area contributed by atoms with Crippen LogP contribution < -0.4 is 0 Å². The molecule has 51 heavy (non-hydrogen) atoms. The van der Waals surface area contributed by atoms with E-state index in [1.165, 1.54) is 11.8 Å². The summed E-state index contributed by atoms with van der Waals surface area (Å²) in [5.41, 5.74) is -8.11. The fourth-order valence-corrected chi connectivity index (χ4v) is 8.79. The predicted molar refractivity (Wildman–Crippen MR) is 163 cm³/mol. The number of hydrogen-bond acceptors (Lipinski definition) is 5. The van der Waals surface area contributed by atoms with Crippen LogP contribution in [-0.2, 0) is 41.1 Å². The normalized spacial score (nSPS) is 19.4. The number of amides is 2. The lowest BCUT2D eigenvalue weighted by Crippen LogP contribution is -2.56. The number of carbonyl (C=O) groups is 2. The predicted octanol–water partition coefficient (Wildman–Crippen LogP) is 6.80. The maximum atomic E-state index is 14.5. The highest BCUT2D eigenvalue weighted by atomic mass is 32.2. The highest BCUT2D eigenvalue weighted by Gasteiger charge is 2.73. The summed E-state index contributed by atoms with van der Waals surface area (Å²) >= 11 is 0. The van der Waals surface area contributed by atoms with Crippen LogP contribution in [0.15, 0.2) is 71.6 Å². The lowest BCUT2D eigenvalue weighted by Gasteiger charge is -2.38. The number of halogens is 9. The van der Waals surface area contributed by atoms with Gasteiger partial charge in [0, 0.05) is 50.1 Å². The third-order valence-corrected chi connectivity index (χ3v) is 12.1. The van der Waals surface area contributed by atoms with Crippen molar-refractivity contribution < 1.29 is 62.3 Å². The second kappa shape index (κ2) is 13.8. The molecule has 1 atom stereocenters. The number of nitrogens with zero attached hydrogens (tertiary/aromatic N) is 2. The first-order valence-corrected chi connectivity index (χ1v) is 17.1. The van der Waals surface area contributed by atoms with Crippen molar-refractivity contribution in [2.75, 3.05) is 26.2 Å². The molecule has 2 saturated heterocycles. The molecule has 276 valence electrons. The van der Waals surface area contributed by atoms with Crippen molar-refractivity contribution in [2.24, 2.45) is 5.92 Å². The van der Waals surface area contributed by atoms with E-state index in [0.29, 0.717) is 24.3 Å². The van der Waals surface area contributed by atoms with Crippen molar-refractivity contribution in [1.82, 2.24) is 9.80 Å². The van der Waals surface area contributed by atoms with Crippen LogP contribution in [0.4, 0.5) is 39.5 Å². The molecule has 0 aliphatic carbocycles. The van der Waals surface area contributed by atoms with Crippen LogP contribution in [0.3, 0.4) is 0 Å². The fourth-order valence-electron chi connectivity index (χ4n) is 6.71. The van der Waals surface area contributed by atoms with Gasteiger partial charge in [-0.05, 0) is 61.2 Å². The minimum Gasteiger partial charge on any atom is -0.349 e. The molecule has 7 nitrogen and oxygen atoms in total. The number of rotatable bonds is 8. The number of likely N-dealkylation sites (tertiary alicyclic amines) is 2. The number of alkyl halides is 6. The molecule has 17 heteroatoms. The van der Waals surface area contributed by atoms with Crippen LogP contribution in [-0.4, -0.2) is 68.6 Å². The molecule has 2 heterocycles. The summed E-state index contributed by atoms with van der Waals surface area (Å²) in [7, 11) is -4.62. The highest BCUT2D eigenvalue weighted by molar-refractivity contribution is 7.92. The van der Waals surface area contributed by atoms with Crippen LogP contribution in [0.1, 0.15) is 42.9 Å². The molecule has 0 bridgehead atoms. The summed E-state index contributed by atoms with van der Waals surface area (Å²) < 4.78 is 160. The topological polar surface area (TPSA) is 84.0 Å². The molecule has 0 unspecified atom stereocenters. The lowest BCUT2D eigenvalue weighted by molar-refractivity contribution is -0.392. The molecule has 5 rings (SSSR count). The standard InChI is InChI=1S/C34H31F9N2O5S/c1-21(46)44-16-13-22(14-17-44)30(47)45-18-15-31(20-45,51(48,49)26-11-9-25(35)10-12-26)23-5-7-24(8-6-23)32(33(38,39)40,34(41,42)43)50-19-27-28(36)3-2-4-29(27)37/h2-12,22H,13-20H2,1H3/t31-/m1/s1. The van der Waals surface area contributed by atoms with Gasteiger partial charge in [0.1, 0.15) is 22.2 Å². The number of hydrogen-bond donors (Lipinski definition) is 0. The maximum absolute atomic E-state index is 14.5. The maximum Gasteiger partial charge on any atom is 0.430 e. The molecular weight excluding hydrogens is 719 g/mol. The molecule has 0 radical (unpaired) electrons. The first-order chi connectivity index (χ1) is 23.7. The lowest BCUT2D eigenvalue weighted by atomic mass is 9.88. The Morgan fingerprint density at radius 1 is 0.804 bits per heavy atom. The van der Waals surface area contributed by atoms with Gasteiger partial charge in [0.25, 0.3) is 5.60 Å². The molecule has 2 aliphatic rings. The molecule has 0 aromatic heterocycles. The molecule has 0 N–H and O–H groups in total. The van der Waals surface area contributed by atoms with E-state index in [2.05, 4.69) is 4.74 Å². The van der Waals surface area contributed by atoms with Crippen LogP contribution in [0, 0.1) is 23.4 Å². The van der Waals surface area contributed by atoms with Crippen molar-refractivity contribution >= 4 is 21.7 Å². The van der Waals surface area contributed by atoms with Crippen molar-refractivity contribution in [3.05, 3.63) is 101 Å². The Bertz CT molecular complexity index is 1840. The van der Waals surface area contributed by atoms with Crippen LogP contribution >= 0.6 is 0 Å². The zero-order valence-electron chi connectivity index (χ0n) is 26.8. The molecule has 2 fully saturated rings. The average molecular weight is 751 g/mol. The van der Waals surface area contributed by atoms with E-state index in [4.69, 9.17) is 0 Å². The van der Waals surface area contributed by atoms with E-state index in [0.717, 1.165) is 42.5 Å². The van der Waals surface area contributed by atoms with Crippen molar-refractivity contribution in [3.63, 3.8) is 0 Å². The Morgan fingerprint density at radius 2 is 1.35 bits per heavy atom.